The maximum Gasteiger partial charge on any atom is 0.341 e. The number of ether oxygens (including phenoxy) is 1. The Morgan fingerprint density at radius 3 is 2.39 bits per heavy atom. The molecule has 5 aromatic rings. The number of para-hydroxylation sites is 1. The van der Waals surface area contributed by atoms with Crippen molar-refractivity contribution in [1.82, 2.24) is 4.98 Å². The topological polar surface area (TPSA) is 68.3 Å². The lowest BCUT2D eigenvalue weighted by atomic mass is 10.0. The Morgan fingerprint density at radius 2 is 1.64 bits per heavy atom. The van der Waals surface area contributed by atoms with E-state index in [1.807, 2.05) is 60.0 Å². The number of carbonyl (C=O) groups excluding carboxylic acids is 2. The number of fused-ring (bicyclic) bond motifs is 1. The van der Waals surface area contributed by atoms with Gasteiger partial charge in [0.1, 0.15) is 10.6 Å². The van der Waals surface area contributed by atoms with Crippen molar-refractivity contribution in [3.05, 3.63) is 105 Å². The lowest BCUT2D eigenvalue weighted by Crippen LogP contribution is -2.15. The molecule has 0 saturated carbocycles. The largest absolute Gasteiger partial charge is 0.465 e. The molecule has 0 aliphatic rings. The predicted molar refractivity (Wildman–Crippen MR) is 146 cm³/mol. The number of methoxy groups -OCH3 is 1. The van der Waals surface area contributed by atoms with Gasteiger partial charge >= 0.3 is 5.97 Å². The van der Waals surface area contributed by atoms with Crippen molar-refractivity contribution in [2.24, 2.45) is 0 Å². The number of esters is 1. The smallest absolute Gasteiger partial charge is 0.341 e. The highest BCUT2D eigenvalue weighted by Crippen LogP contribution is 2.37. The van der Waals surface area contributed by atoms with E-state index < -0.39 is 5.97 Å². The van der Waals surface area contributed by atoms with E-state index in [1.54, 1.807) is 24.3 Å². The highest BCUT2D eigenvalue weighted by Gasteiger charge is 2.24. The zero-order chi connectivity index (χ0) is 25.2. The number of pyridine rings is 1. The second-order valence-electron chi connectivity index (χ2n) is 7.86. The number of amides is 1. The molecule has 0 atom stereocenters. The first kappa shape index (κ1) is 24.0. The molecule has 2 aromatic heterocycles. The van der Waals surface area contributed by atoms with Crippen LogP contribution in [0.2, 0.25) is 10.0 Å². The molecule has 3 aromatic carbocycles. The van der Waals surface area contributed by atoms with Gasteiger partial charge in [-0.15, -0.1) is 11.3 Å². The van der Waals surface area contributed by atoms with Gasteiger partial charge in [0.15, 0.2) is 0 Å². The van der Waals surface area contributed by atoms with Gasteiger partial charge < -0.3 is 10.1 Å². The van der Waals surface area contributed by atoms with Crippen LogP contribution in [0, 0.1) is 0 Å². The van der Waals surface area contributed by atoms with E-state index in [0.29, 0.717) is 42.8 Å². The molecule has 0 aliphatic carbocycles. The van der Waals surface area contributed by atoms with Crippen LogP contribution >= 0.6 is 34.5 Å². The fourth-order valence-corrected chi connectivity index (χ4v) is 5.25. The molecule has 0 bridgehead atoms. The van der Waals surface area contributed by atoms with E-state index in [-0.39, 0.29) is 11.5 Å². The van der Waals surface area contributed by atoms with Crippen molar-refractivity contribution >= 4 is 62.3 Å². The number of thiophene rings is 1. The third-order valence-corrected chi connectivity index (χ3v) is 7.15. The fraction of sp³-hybridized carbons (Fsp3) is 0.0357. The van der Waals surface area contributed by atoms with Gasteiger partial charge in [-0.25, -0.2) is 9.78 Å². The van der Waals surface area contributed by atoms with Crippen molar-refractivity contribution in [2.75, 3.05) is 12.4 Å². The van der Waals surface area contributed by atoms with Crippen molar-refractivity contribution in [3.63, 3.8) is 0 Å². The van der Waals surface area contributed by atoms with Crippen LogP contribution in [-0.4, -0.2) is 24.0 Å². The summed E-state index contributed by atoms with van der Waals surface area (Å²) in [5, 5.41) is 6.92. The molecule has 1 amide bonds. The number of benzene rings is 3. The number of anilines is 1. The number of carbonyl (C=O) groups is 2. The van der Waals surface area contributed by atoms with Gasteiger partial charge in [0.25, 0.3) is 5.91 Å². The van der Waals surface area contributed by atoms with E-state index in [9.17, 15) is 9.59 Å². The third kappa shape index (κ3) is 4.58. The maximum atomic E-state index is 13.6. The Hall–Kier alpha value is -3.71. The number of nitrogens with one attached hydrogen (secondary N) is 1. The lowest BCUT2D eigenvalue weighted by Gasteiger charge is -2.12. The van der Waals surface area contributed by atoms with Crippen LogP contribution in [0.1, 0.15) is 20.7 Å². The Kier molecular flexibility index (Phi) is 6.74. The van der Waals surface area contributed by atoms with Gasteiger partial charge in [0.2, 0.25) is 0 Å². The molecule has 0 fully saturated rings. The minimum absolute atomic E-state index is 0.280. The van der Waals surface area contributed by atoms with E-state index in [4.69, 9.17) is 32.9 Å². The monoisotopic (exact) mass is 532 g/mol. The van der Waals surface area contributed by atoms with Gasteiger partial charge in [-0.3, -0.25) is 4.79 Å². The van der Waals surface area contributed by atoms with E-state index in [2.05, 4.69) is 5.32 Å². The highest BCUT2D eigenvalue weighted by atomic mass is 35.5. The molecule has 0 unspecified atom stereocenters. The number of hydrogen-bond donors (Lipinski definition) is 1. The van der Waals surface area contributed by atoms with Crippen LogP contribution < -0.4 is 5.32 Å². The third-order valence-electron chi connectivity index (χ3n) is 5.67. The van der Waals surface area contributed by atoms with Crippen LogP contribution in [0.25, 0.3) is 33.3 Å². The molecular weight excluding hydrogens is 515 g/mol. The maximum absolute atomic E-state index is 13.6. The first-order valence-electron chi connectivity index (χ1n) is 10.9. The molecule has 178 valence electrons. The summed E-state index contributed by atoms with van der Waals surface area (Å²) in [7, 11) is 1.31. The minimum atomic E-state index is -0.548. The minimum Gasteiger partial charge on any atom is -0.465 e. The summed E-state index contributed by atoms with van der Waals surface area (Å²) in [6.45, 7) is 0. The van der Waals surface area contributed by atoms with Gasteiger partial charge in [0.05, 0.1) is 23.9 Å². The van der Waals surface area contributed by atoms with E-state index >= 15 is 0 Å². The van der Waals surface area contributed by atoms with Crippen molar-refractivity contribution in [1.29, 1.82) is 0 Å². The van der Waals surface area contributed by atoms with Crippen LogP contribution in [0.15, 0.2) is 84.2 Å². The molecule has 0 radical (unpaired) electrons. The summed E-state index contributed by atoms with van der Waals surface area (Å²) in [5.41, 5.74) is 4.07. The quantitative estimate of drug-likeness (QED) is 0.233. The Morgan fingerprint density at radius 1 is 0.917 bits per heavy atom. The summed E-state index contributed by atoms with van der Waals surface area (Å²) in [6.07, 6.45) is 0. The zero-order valence-electron chi connectivity index (χ0n) is 18.9. The average Bonchev–Trinajstić information content (AvgIpc) is 3.31. The Labute approximate surface area is 221 Å². The molecule has 0 aliphatic heterocycles. The van der Waals surface area contributed by atoms with Crippen LogP contribution in [0.5, 0.6) is 0 Å². The second kappa shape index (κ2) is 10.1. The Balaban J connectivity index is 1.59. The van der Waals surface area contributed by atoms with E-state index in [1.165, 1.54) is 18.4 Å². The zero-order valence-corrected chi connectivity index (χ0v) is 21.2. The number of rotatable bonds is 5. The Bertz CT molecular complexity index is 1610. The second-order valence-corrected chi connectivity index (χ2v) is 9.58. The first-order valence-corrected chi connectivity index (χ1v) is 12.5. The number of nitrogens with zero attached hydrogens (tertiary/aromatic N) is 1. The standard InChI is InChI=1S/C28H18Cl2N2O3S/c1-35-28(34)25-21(16-10-12-17(29)13-11-16)15-36-27(25)32-26(33)20-14-24(19-7-2-4-8-22(19)30)31-23-9-5-3-6-18(20)23/h2-15H,1H3,(H,32,33). The van der Waals surface area contributed by atoms with Gasteiger partial charge in [-0.2, -0.15) is 0 Å². The molecule has 0 spiro atoms. The molecule has 0 saturated heterocycles. The van der Waals surface area contributed by atoms with Crippen molar-refractivity contribution < 1.29 is 14.3 Å². The molecule has 1 N–H and O–H groups in total. The van der Waals surface area contributed by atoms with Crippen LogP contribution in [0.3, 0.4) is 0 Å². The van der Waals surface area contributed by atoms with Crippen molar-refractivity contribution in [2.45, 2.75) is 0 Å². The van der Waals surface area contributed by atoms with Gasteiger partial charge in [-0.05, 0) is 35.9 Å². The van der Waals surface area contributed by atoms with Crippen LogP contribution in [-0.2, 0) is 4.74 Å². The summed E-state index contributed by atoms with van der Waals surface area (Å²) in [5.74, 6) is -0.926. The lowest BCUT2D eigenvalue weighted by molar-refractivity contribution is 0.0603. The predicted octanol–water partition coefficient (Wildman–Crippen LogP) is 7.98. The molecule has 8 heteroatoms. The number of hydrogen-bond acceptors (Lipinski definition) is 5. The molecular formula is C28H18Cl2N2O3S. The summed E-state index contributed by atoms with van der Waals surface area (Å²) < 4.78 is 5.03. The van der Waals surface area contributed by atoms with Gasteiger partial charge in [0, 0.05) is 31.9 Å². The fourth-order valence-electron chi connectivity index (χ4n) is 3.94. The number of halogens is 2. The highest BCUT2D eigenvalue weighted by molar-refractivity contribution is 7.15. The molecule has 5 nitrogen and oxygen atoms in total. The van der Waals surface area contributed by atoms with Crippen molar-refractivity contribution in [3.8, 4) is 22.4 Å². The summed E-state index contributed by atoms with van der Waals surface area (Å²) in [4.78, 5) is 31.1. The summed E-state index contributed by atoms with van der Waals surface area (Å²) >= 11 is 13.7. The van der Waals surface area contributed by atoms with Gasteiger partial charge in [-0.1, -0.05) is 71.7 Å². The SMILES string of the molecule is COC(=O)c1c(-c2ccc(Cl)cc2)csc1NC(=O)c1cc(-c2ccccc2Cl)nc2ccccc12. The normalized spacial score (nSPS) is 10.9. The molecule has 5 rings (SSSR count). The molecule has 36 heavy (non-hydrogen) atoms. The van der Waals surface area contributed by atoms with E-state index in [0.717, 1.165) is 11.1 Å². The average molecular weight is 533 g/mol. The molecule has 2 heterocycles. The summed E-state index contributed by atoms with van der Waals surface area (Å²) in [6, 6.07) is 23.6. The first-order chi connectivity index (χ1) is 17.5. The van der Waals surface area contributed by atoms with Crippen LogP contribution in [0.4, 0.5) is 5.00 Å². The number of aromatic nitrogens is 1.